The van der Waals surface area contributed by atoms with Crippen LogP contribution in [0.2, 0.25) is 0 Å². The van der Waals surface area contributed by atoms with Crippen molar-refractivity contribution in [1.82, 2.24) is 4.98 Å². The van der Waals surface area contributed by atoms with Gasteiger partial charge in [-0.1, -0.05) is 18.9 Å². The zero-order valence-corrected chi connectivity index (χ0v) is 7.61. The summed E-state index contributed by atoms with van der Waals surface area (Å²) < 4.78 is 0.902. The highest BCUT2D eigenvalue weighted by Crippen LogP contribution is 2.12. The van der Waals surface area contributed by atoms with Gasteiger partial charge in [-0.05, 0) is 12.1 Å². The third kappa shape index (κ3) is 2.33. The van der Waals surface area contributed by atoms with Gasteiger partial charge < -0.3 is 10.8 Å². The number of anilines is 1. The normalized spacial score (nSPS) is 9.69. The SMILES string of the molecule is NC(=O)N(S)c1cccc(CO)n1. The quantitative estimate of drug-likeness (QED) is 0.599. The number of aliphatic hydroxyl groups excluding tert-OH is 1. The van der Waals surface area contributed by atoms with Crippen molar-refractivity contribution in [2.45, 2.75) is 6.61 Å². The van der Waals surface area contributed by atoms with Crippen LogP contribution in [0.5, 0.6) is 0 Å². The van der Waals surface area contributed by atoms with E-state index in [4.69, 9.17) is 10.8 Å². The molecule has 0 radical (unpaired) electrons. The monoisotopic (exact) mass is 199 g/mol. The lowest BCUT2D eigenvalue weighted by Crippen LogP contribution is -2.28. The van der Waals surface area contributed by atoms with Crippen molar-refractivity contribution in [3.05, 3.63) is 23.9 Å². The van der Waals surface area contributed by atoms with Crippen molar-refractivity contribution in [1.29, 1.82) is 0 Å². The molecule has 1 aromatic heterocycles. The smallest absolute Gasteiger partial charge is 0.330 e. The number of aromatic nitrogens is 1. The molecule has 3 N–H and O–H groups in total. The number of primary amides is 1. The Morgan fingerprint density at radius 1 is 1.69 bits per heavy atom. The molecule has 6 heteroatoms. The van der Waals surface area contributed by atoms with E-state index in [1.54, 1.807) is 18.2 Å². The Hall–Kier alpha value is -1.27. The maximum absolute atomic E-state index is 10.7. The number of nitrogens with zero attached hydrogens (tertiary/aromatic N) is 2. The molecule has 2 amide bonds. The number of aliphatic hydroxyl groups is 1. The summed E-state index contributed by atoms with van der Waals surface area (Å²) >= 11 is 3.82. The van der Waals surface area contributed by atoms with Crippen LogP contribution in [0.15, 0.2) is 18.2 Å². The molecule has 1 aromatic rings. The second-order valence-corrected chi connectivity index (χ2v) is 2.70. The second kappa shape index (κ2) is 4.11. The Balaban J connectivity index is 2.94. The van der Waals surface area contributed by atoms with Crippen LogP contribution < -0.4 is 10.0 Å². The van der Waals surface area contributed by atoms with Crippen LogP contribution in [0.4, 0.5) is 10.6 Å². The Labute approximate surface area is 80.7 Å². The first-order valence-electron chi connectivity index (χ1n) is 3.50. The topological polar surface area (TPSA) is 79.5 Å². The van der Waals surface area contributed by atoms with Crippen LogP contribution >= 0.6 is 12.8 Å². The lowest BCUT2D eigenvalue weighted by Gasteiger charge is -2.11. The number of thiol groups is 1. The highest BCUT2D eigenvalue weighted by molar-refractivity contribution is 7.82. The molecule has 13 heavy (non-hydrogen) atoms. The average molecular weight is 199 g/mol. The number of hydrogen-bond donors (Lipinski definition) is 3. The summed E-state index contributed by atoms with van der Waals surface area (Å²) in [5, 5.41) is 8.76. The molecule has 0 spiro atoms. The molecule has 0 unspecified atom stereocenters. The van der Waals surface area contributed by atoms with Crippen LogP contribution in [0.3, 0.4) is 0 Å². The number of rotatable bonds is 2. The number of carbonyl (C=O) groups excluding carboxylic acids is 1. The first-order chi connectivity index (χ1) is 6.15. The Bertz CT molecular complexity index is 318. The second-order valence-electron chi connectivity index (χ2n) is 2.30. The number of hydrogen-bond acceptors (Lipinski definition) is 4. The Kier molecular flexibility index (Phi) is 3.10. The van der Waals surface area contributed by atoms with Gasteiger partial charge in [-0.25, -0.2) is 14.1 Å². The Morgan fingerprint density at radius 2 is 2.38 bits per heavy atom. The molecule has 0 atom stereocenters. The minimum Gasteiger partial charge on any atom is -0.390 e. The molecule has 0 aromatic carbocycles. The van der Waals surface area contributed by atoms with E-state index in [2.05, 4.69) is 17.8 Å². The summed E-state index contributed by atoms with van der Waals surface area (Å²) in [4.78, 5) is 14.6. The van der Waals surface area contributed by atoms with Gasteiger partial charge in [0, 0.05) is 0 Å². The van der Waals surface area contributed by atoms with E-state index in [0.717, 1.165) is 4.31 Å². The first kappa shape index (κ1) is 9.82. The maximum atomic E-state index is 10.7. The summed E-state index contributed by atoms with van der Waals surface area (Å²) in [6.07, 6.45) is 0. The molecule has 0 aliphatic carbocycles. The molecule has 5 nitrogen and oxygen atoms in total. The molecular formula is C7H9N3O2S. The molecule has 0 fully saturated rings. The summed E-state index contributed by atoms with van der Waals surface area (Å²) in [7, 11) is 0. The summed E-state index contributed by atoms with van der Waals surface area (Å²) in [5.41, 5.74) is 5.42. The van der Waals surface area contributed by atoms with Gasteiger partial charge in [0.1, 0.15) is 5.82 Å². The lowest BCUT2D eigenvalue weighted by molar-refractivity contribution is 0.257. The minimum atomic E-state index is -0.717. The van der Waals surface area contributed by atoms with E-state index in [1.807, 2.05) is 0 Å². The average Bonchev–Trinajstić information content (AvgIpc) is 2.16. The third-order valence-corrected chi connectivity index (χ3v) is 1.78. The molecule has 1 rings (SSSR count). The highest BCUT2D eigenvalue weighted by atomic mass is 32.1. The van der Waals surface area contributed by atoms with Crippen LogP contribution in [0.1, 0.15) is 5.69 Å². The number of urea groups is 1. The fourth-order valence-corrected chi connectivity index (χ4v) is 0.897. The molecule has 1 heterocycles. The standard InChI is InChI=1S/C7H9N3O2S/c8-7(12)10(13)6-3-1-2-5(4-11)9-6/h1-3,11,13H,4H2,(H2,8,12). The van der Waals surface area contributed by atoms with E-state index in [9.17, 15) is 4.79 Å². The number of carbonyl (C=O) groups is 1. The molecule has 0 saturated carbocycles. The van der Waals surface area contributed by atoms with Crippen LogP contribution in [-0.2, 0) is 6.61 Å². The fourth-order valence-electron chi connectivity index (χ4n) is 0.786. The van der Waals surface area contributed by atoms with Crippen molar-refractivity contribution in [3.63, 3.8) is 0 Å². The molecule has 0 saturated heterocycles. The largest absolute Gasteiger partial charge is 0.390 e. The van der Waals surface area contributed by atoms with E-state index >= 15 is 0 Å². The van der Waals surface area contributed by atoms with Gasteiger partial charge in [0.05, 0.1) is 12.3 Å². The van der Waals surface area contributed by atoms with Gasteiger partial charge in [0.25, 0.3) is 0 Å². The molecule has 0 aliphatic heterocycles. The number of nitrogens with two attached hydrogens (primary N) is 1. The molecular weight excluding hydrogens is 190 g/mol. The molecule has 0 aliphatic rings. The Morgan fingerprint density at radius 3 is 2.92 bits per heavy atom. The van der Waals surface area contributed by atoms with Gasteiger partial charge in [0.15, 0.2) is 0 Å². The van der Waals surface area contributed by atoms with Gasteiger partial charge in [-0.15, -0.1) is 0 Å². The molecule has 70 valence electrons. The fraction of sp³-hybridized carbons (Fsp3) is 0.143. The van der Waals surface area contributed by atoms with Gasteiger partial charge in [-0.3, -0.25) is 0 Å². The van der Waals surface area contributed by atoms with Crippen LogP contribution in [0.25, 0.3) is 0 Å². The third-order valence-electron chi connectivity index (χ3n) is 1.38. The van der Waals surface area contributed by atoms with Crippen molar-refractivity contribution in [2.24, 2.45) is 5.73 Å². The van der Waals surface area contributed by atoms with E-state index in [0.29, 0.717) is 11.5 Å². The summed E-state index contributed by atoms with van der Waals surface area (Å²) in [5.74, 6) is 0.294. The predicted octanol–water partition coefficient (Wildman–Crippen LogP) is 0.304. The highest BCUT2D eigenvalue weighted by Gasteiger charge is 2.08. The van der Waals surface area contributed by atoms with Crippen LogP contribution in [0, 0.1) is 0 Å². The lowest BCUT2D eigenvalue weighted by atomic mass is 10.3. The number of pyridine rings is 1. The van der Waals surface area contributed by atoms with E-state index in [-0.39, 0.29) is 6.61 Å². The van der Waals surface area contributed by atoms with Crippen molar-refractivity contribution < 1.29 is 9.90 Å². The summed E-state index contributed by atoms with van der Waals surface area (Å²) in [6.45, 7) is -0.186. The summed E-state index contributed by atoms with van der Waals surface area (Å²) in [6, 6.07) is 4.13. The molecule has 0 bridgehead atoms. The van der Waals surface area contributed by atoms with Crippen molar-refractivity contribution in [3.8, 4) is 0 Å². The van der Waals surface area contributed by atoms with E-state index in [1.165, 1.54) is 0 Å². The zero-order valence-electron chi connectivity index (χ0n) is 6.71. The van der Waals surface area contributed by atoms with Gasteiger partial charge in [-0.2, -0.15) is 0 Å². The minimum absolute atomic E-state index is 0.186. The number of amides is 2. The van der Waals surface area contributed by atoms with E-state index < -0.39 is 6.03 Å². The maximum Gasteiger partial charge on any atom is 0.330 e. The van der Waals surface area contributed by atoms with Crippen LogP contribution in [-0.4, -0.2) is 16.1 Å². The predicted molar refractivity (Wildman–Crippen MR) is 51.2 cm³/mol. The first-order valence-corrected chi connectivity index (χ1v) is 3.90. The van der Waals surface area contributed by atoms with Gasteiger partial charge in [0.2, 0.25) is 0 Å². The van der Waals surface area contributed by atoms with Gasteiger partial charge >= 0.3 is 6.03 Å². The van der Waals surface area contributed by atoms with Crippen molar-refractivity contribution >= 4 is 24.7 Å². The van der Waals surface area contributed by atoms with Crippen molar-refractivity contribution in [2.75, 3.05) is 4.31 Å². The zero-order chi connectivity index (χ0) is 9.84.